The van der Waals surface area contributed by atoms with E-state index in [1.165, 1.54) is 0 Å². The van der Waals surface area contributed by atoms with E-state index in [4.69, 9.17) is 5.11 Å². The average molecular weight is 283 g/mol. The second kappa shape index (κ2) is 5.42. The van der Waals surface area contributed by atoms with Gasteiger partial charge in [-0.1, -0.05) is 0 Å². The zero-order valence-electron chi connectivity index (χ0n) is 8.59. The molecule has 5 nitrogen and oxygen atoms in total. The van der Waals surface area contributed by atoms with Crippen molar-refractivity contribution >= 4 is 11.9 Å². The maximum atomic E-state index is 12.3. The predicted octanol–water partition coefficient (Wildman–Crippen LogP) is 0.695. The smallest absolute Gasteiger partial charge is 0.471 e. The quantitative estimate of drug-likeness (QED) is 0.744. The first-order valence-corrected chi connectivity index (χ1v) is 4.11. The molecule has 0 aliphatic rings. The van der Waals surface area contributed by atoms with E-state index in [0.29, 0.717) is 12.4 Å². The molecule has 18 heavy (non-hydrogen) atoms. The van der Waals surface area contributed by atoms with Crippen molar-refractivity contribution in [1.29, 1.82) is 0 Å². The third kappa shape index (κ3) is 4.39. The molecule has 0 heterocycles. The van der Waals surface area contributed by atoms with Crippen molar-refractivity contribution in [2.24, 2.45) is 0 Å². The number of nitrogens with one attached hydrogen (secondary N) is 1. The van der Waals surface area contributed by atoms with E-state index in [2.05, 4.69) is 4.74 Å². The first-order valence-electron chi connectivity index (χ1n) is 4.11. The Morgan fingerprint density at radius 3 is 1.83 bits per heavy atom. The second-order valence-electron chi connectivity index (χ2n) is 2.99. The summed E-state index contributed by atoms with van der Waals surface area (Å²) < 4.78 is 76.0. The summed E-state index contributed by atoms with van der Waals surface area (Å²) in [5.74, 6) is -5.11. The third-order valence-electron chi connectivity index (χ3n) is 1.69. The van der Waals surface area contributed by atoms with Gasteiger partial charge in [-0.3, -0.25) is 4.79 Å². The Labute approximate surface area is 95.7 Å². The summed E-state index contributed by atoms with van der Waals surface area (Å²) in [5, 5.41) is 9.10. The minimum absolute atomic E-state index is 0.452. The number of hydrogen-bond acceptors (Lipinski definition) is 3. The van der Waals surface area contributed by atoms with Crippen molar-refractivity contribution in [2.45, 2.75) is 24.5 Å². The first kappa shape index (κ1) is 16.5. The number of carboxylic acid groups (broad SMARTS) is 1. The molecule has 2 unspecified atom stereocenters. The summed E-state index contributed by atoms with van der Waals surface area (Å²) in [7, 11) is 0.452. The van der Waals surface area contributed by atoms with Gasteiger partial charge < -0.3 is 15.2 Å². The van der Waals surface area contributed by atoms with Crippen LogP contribution in [0.25, 0.3) is 0 Å². The van der Waals surface area contributed by atoms with Gasteiger partial charge >= 0.3 is 24.2 Å². The van der Waals surface area contributed by atoms with Gasteiger partial charge in [0.1, 0.15) is 0 Å². The summed E-state index contributed by atoms with van der Waals surface area (Å²) in [6.07, 6.45) is -13.9. The molecular formula is C7H7F6NO4. The number of alkyl halides is 6. The van der Waals surface area contributed by atoms with Gasteiger partial charge in [0.2, 0.25) is 0 Å². The van der Waals surface area contributed by atoms with Gasteiger partial charge in [0.25, 0.3) is 0 Å². The van der Waals surface area contributed by atoms with Gasteiger partial charge in [0.15, 0.2) is 12.1 Å². The topological polar surface area (TPSA) is 75.6 Å². The SMILES string of the molecule is COC(C(NC(=O)C(F)(F)F)C(=O)O)C(F)(F)F. The highest BCUT2D eigenvalue weighted by Gasteiger charge is 2.51. The molecule has 0 aliphatic carbocycles. The summed E-state index contributed by atoms with van der Waals surface area (Å²) in [6, 6.07) is -2.90. The summed E-state index contributed by atoms with van der Waals surface area (Å²) >= 11 is 0. The third-order valence-corrected chi connectivity index (χ3v) is 1.69. The van der Waals surface area contributed by atoms with E-state index < -0.39 is 36.4 Å². The summed E-state index contributed by atoms with van der Waals surface area (Å²) in [5.41, 5.74) is 0. The Morgan fingerprint density at radius 1 is 1.17 bits per heavy atom. The molecule has 0 aliphatic heterocycles. The highest BCUT2D eigenvalue weighted by atomic mass is 19.4. The fourth-order valence-corrected chi connectivity index (χ4v) is 0.949. The fraction of sp³-hybridized carbons (Fsp3) is 0.714. The van der Waals surface area contributed by atoms with Crippen LogP contribution in [0.5, 0.6) is 0 Å². The van der Waals surface area contributed by atoms with Crippen LogP contribution in [0.2, 0.25) is 0 Å². The van der Waals surface area contributed by atoms with Crippen LogP contribution in [-0.4, -0.2) is 48.6 Å². The van der Waals surface area contributed by atoms with Crippen molar-refractivity contribution in [3.8, 4) is 0 Å². The molecule has 0 fully saturated rings. The van der Waals surface area contributed by atoms with E-state index >= 15 is 0 Å². The van der Waals surface area contributed by atoms with Gasteiger partial charge in [0.05, 0.1) is 0 Å². The molecular weight excluding hydrogens is 276 g/mol. The van der Waals surface area contributed by atoms with E-state index in [1.807, 2.05) is 0 Å². The van der Waals surface area contributed by atoms with Crippen LogP contribution in [0.1, 0.15) is 0 Å². The zero-order valence-corrected chi connectivity index (χ0v) is 8.59. The molecule has 0 radical (unpaired) electrons. The summed E-state index contributed by atoms with van der Waals surface area (Å²) in [4.78, 5) is 20.9. The van der Waals surface area contributed by atoms with Gasteiger partial charge in [-0.2, -0.15) is 26.3 Å². The van der Waals surface area contributed by atoms with Gasteiger partial charge in [0, 0.05) is 7.11 Å². The molecule has 0 rings (SSSR count). The lowest BCUT2D eigenvalue weighted by atomic mass is 10.1. The molecule has 1 amide bonds. The van der Waals surface area contributed by atoms with Gasteiger partial charge in [-0.05, 0) is 0 Å². The van der Waals surface area contributed by atoms with Crippen molar-refractivity contribution in [3.05, 3.63) is 0 Å². The second-order valence-corrected chi connectivity index (χ2v) is 2.99. The predicted molar refractivity (Wildman–Crippen MR) is 42.5 cm³/mol. The minimum Gasteiger partial charge on any atom is -0.480 e. The van der Waals surface area contributed by atoms with E-state index in [1.54, 1.807) is 0 Å². The van der Waals surface area contributed by atoms with Crippen LogP contribution < -0.4 is 5.32 Å². The van der Waals surface area contributed by atoms with Gasteiger partial charge in [-0.25, -0.2) is 4.79 Å². The van der Waals surface area contributed by atoms with Crippen molar-refractivity contribution in [2.75, 3.05) is 7.11 Å². The monoisotopic (exact) mass is 283 g/mol. The molecule has 0 saturated carbocycles. The normalized spacial score (nSPS) is 15.9. The average Bonchev–Trinajstić information content (AvgIpc) is 2.13. The molecule has 0 spiro atoms. The molecule has 11 heteroatoms. The highest BCUT2D eigenvalue weighted by molar-refractivity contribution is 5.87. The summed E-state index contributed by atoms with van der Waals surface area (Å²) in [6.45, 7) is 0. The Kier molecular flexibility index (Phi) is 4.96. The molecule has 2 N–H and O–H groups in total. The van der Waals surface area contributed by atoms with Crippen LogP contribution in [0.4, 0.5) is 26.3 Å². The lowest BCUT2D eigenvalue weighted by Crippen LogP contribution is -2.57. The Balaban J connectivity index is 5.10. The lowest BCUT2D eigenvalue weighted by Gasteiger charge is -2.25. The molecule has 2 atom stereocenters. The number of halogens is 6. The minimum atomic E-state index is -5.50. The van der Waals surface area contributed by atoms with Crippen LogP contribution >= 0.6 is 0 Å². The number of carbonyl (C=O) groups is 2. The van der Waals surface area contributed by atoms with Crippen molar-refractivity contribution in [1.82, 2.24) is 5.32 Å². The van der Waals surface area contributed by atoms with E-state index in [9.17, 15) is 35.9 Å². The van der Waals surface area contributed by atoms with Gasteiger partial charge in [-0.15, -0.1) is 0 Å². The Bertz CT molecular complexity index is 325. The van der Waals surface area contributed by atoms with Crippen LogP contribution in [0, 0.1) is 0 Å². The number of amides is 1. The fourth-order valence-electron chi connectivity index (χ4n) is 0.949. The van der Waals surface area contributed by atoms with Crippen molar-refractivity contribution < 1.29 is 45.8 Å². The number of ether oxygens (including phenoxy) is 1. The highest BCUT2D eigenvalue weighted by Crippen LogP contribution is 2.26. The molecule has 0 aromatic carbocycles. The zero-order chi connectivity index (χ0) is 14.7. The number of carboxylic acids is 1. The molecule has 0 bridgehead atoms. The Morgan fingerprint density at radius 2 is 1.61 bits per heavy atom. The number of aliphatic carboxylic acids is 1. The van der Waals surface area contributed by atoms with E-state index in [-0.39, 0.29) is 0 Å². The van der Waals surface area contributed by atoms with Crippen LogP contribution in [0.3, 0.4) is 0 Å². The lowest BCUT2D eigenvalue weighted by molar-refractivity contribution is -0.225. The number of rotatable bonds is 4. The largest absolute Gasteiger partial charge is 0.480 e. The number of methoxy groups -OCH3 is 1. The molecule has 0 saturated heterocycles. The Hall–Kier alpha value is -1.52. The molecule has 0 aromatic rings. The van der Waals surface area contributed by atoms with Crippen molar-refractivity contribution in [3.63, 3.8) is 0 Å². The first-order chi connectivity index (χ1) is 7.91. The maximum Gasteiger partial charge on any atom is 0.471 e. The maximum absolute atomic E-state index is 12.3. The van der Waals surface area contributed by atoms with Crippen LogP contribution in [0.15, 0.2) is 0 Å². The molecule has 0 aromatic heterocycles. The number of carbonyl (C=O) groups excluding carboxylic acids is 1. The number of hydrogen-bond donors (Lipinski definition) is 2. The van der Waals surface area contributed by atoms with E-state index in [0.717, 1.165) is 0 Å². The standard InChI is InChI=1S/C7H7F6NO4/c1-18-3(6(8,9)10)2(4(15)16)14-5(17)7(11,12)13/h2-3H,1H3,(H,14,17)(H,15,16). The molecule has 106 valence electrons. The van der Waals surface area contributed by atoms with Crippen LogP contribution in [-0.2, 0) is 14.3 Å².